The number of phenols is 1. The topological polar surface area (TPSA) is 150 Å². The molecule has 3 rings (SSSR count). The first-order valence-corrected chi connectivity index (χ1v) is 10.9. The molecule has 0 amide bonds. The molecule has 188 valence electrons. The Bertz CT molecular complexity index is 1270. The van der Waals surface area contributed by atoms with Crippen molar-refractivity contribution in [3.8, 4) is 23.0 Å². The summed E-state index contributed by atoms with van der Waals surface area (Å²) in [6, 6.07) is 8.78. The number of rotatable bonds is 10. The number of methoxy groups -OCH3 is 2. The lowest BCUT2D eigenvalue weighted by Crippen LogP contribution is -2.51. The largest absolute Gasteiger partial charge is 0.506 e. The van der Waals surface area contributed by atoms with Gasteiger partial charge in [-0.3, -0.25) is 9.59 Å². The van der Waals surface area contributed by atoms with E-state index >= 15 is 0 Å². The molecule has 0 bridgehead atoms. The van der Waals surface area contributed by atoms with Gasteiger partial charge in [0.05, 0.1) is 38.5 Å². The van der Waals surface area contributed by atoms with Crippen molar-refractivity contribution in [3.05, 3.63) is 57.9 Å². The second kappa shape index (κ2) is 10.3. The van der Waals surface area contributed by atoms with Crippen molar-refractivity contribution in [2.75, 3.05) is 27.4 Å². The molecule has 0 radical (unpaired) electrons. The Balaban J connectivity index is 2.13. The Morgan fingerprint density at radius 2 is 1.63 bits per heavy atom. The standard InChI is InChI=1S/C25H30N2O8/c1-25(12-28,13-29)26-16(14-9-19(34-3)23(32)20(10-14)35-4)11-18(30)21-22(31)15-7-5-6-8-17(15)27(2)24(21)33/h5-10,16,26,28-29,31-32H,11-13H2,1-4H3/t16-/m1/s1. The fourth-order valence-corrected chi connectivity index (χ4v) is 3.95. The number of nitrogens with zero attached hydrogens (tertiary/aromatic N) is 1. The number of ether oxygens (including phenoxy) is 2. The third kappa shape index (κ3) is 4.95. The first-order chi connectivity index (χ1) is 16.6. The van der Waals surface area contributed by atoms with E-state index in [-0.39, 0.29) is 29.2 Å². The lowest BCUT2D eigenvalue weighted by Gasteiger charge is -2.32. The molecule has 2 aromatic carbocycles. The number of Topliss-reactive ketones (excluding diaryl/α,β-unsaturated/α-hetero) is 1. The first-order valence-electron chi connectivity index (χ1n) is 10.9. The van der Waals surface area contributed by atoms with Crippen LogP contribution in [0, 0.1) is 0 Å². The van der Waals surface area contributed by atoms with E-state index < -0.39 is 41.9 Å². The van der Waals surface area contributed by atoms with Crippen LogP contribution in [0.25, 0.3) is 10.9 Å². The number of aliphatic hydroxyl groups is 2. The molecule has 1 atom stereocenters. The highest BCUT2D eigenvalue weighted by Gasteiger charge is 2.31. The molecule has 0 aliphatic heterocycles. The van der Waals surface area contributed by atoms with Crippen molar-refractivity contribution in [3.63, 3.8) is 0 Å². The maximum atomic E-state index is 13.5. The van der Waals surface area contributed by atoms with Crippen LogP contribution < -0.4 is 20.3 Å². The van der Waals surface area contributed by atoms with Crippen molar-refractivity contribution < 1.29 is 34.7 Å². The number of ketones is 1. The molecule has 0 spiro atoms. The predicted octanol–water partition coefficient (Wildman–Crippen LogP) is 1.61. The fraction of sp³-hybridized carbons (Fsp3) is 0.360. The molecule has 1 aromatic heterocycles. The molecule has 1 heterocycles. The number of fused-ring (bicyclic) bond motifs is 1. The van der Waals surface area contributed by atoms with Crippen molar-refractivity contribution in [2.24, 2.45) is 7.05 Å². The number of carbonyl (C=O) groups is 1. The van der Waals surface area contributed by atoms with Gasteiger partial charge in [-0.15, -0.1) is 0 Å². The molecule has 0 saturated heterocycles. The summed E-state index contributed by atoms with van der Waals surface area (Å²) in [5.74, 6) is -1.15. The maximum Gasteiger partial charge on any atom is 0.265 e. The number of carbonyl (C=O) groups excluding carboxylic acids is 1. The number of aromatic nitrogens is 1. The van der Waals surface area contributed by atoms with Gasteiger partial charge in [-0.1, -0.05) is 12.1 Å². The SMILES string of the molecule is COc1cc([C@@H](CC(=O)c2c(O)c3ccccc3n(C)c2=O)NC(C)(CO)CO)cc(OC)c1O. The van der Waals surface area contributed by atoms with Gasteiger partial charge in [0.1, 0.15) is 11.3 Å². The maximum absolute atomic E-state index is 13.5. The summed E-state index contributed by atoms with van der Waals surface area (Å²) in [6.45, 7) is 0.652. The number of aryl methyl sites for hydroxylation is 1. The highest BCUT2D eigenvalue weighted by molar-refractivity contribution is 6.03. The Labute approximate surface area is 202 Å². The number of aromatic hydroxyl groups is 2. The van der Waals surface area contributed by atoms with Crippen LogP contribution in [-0.2, 0) is 7.05 Å². The number of hydrogen-bond acceptors (Lipinski definition) is 9. The average molecular weight is 487 g/mol. The summed E-state index contributed by atoms with van der Waals surface area (Å²) in [5, 5.41) is 44.2. The minimum atomic E-state index is -1.19. The Kier molecular flexibility index (Phi) is 7.69. The van der Waals surface area contributed by atoms with Crippen molar-refractivity contribution >= 4 is 16.7 Å². The lowest BCUT2D eigenvalue weighted by molar-refractivity contribution is 0.0837. The molecular formula is C25H30N2O8. The van der Waals surface area contributed by atoms with Crippen LogP contribution in [0.2, 0.25) is 0 Å². The van der Waals surface area contributed by atoms with Crippen molar-refractivity contribution in [1.82, 2.24) is 9.88 Å². The predicted molar refractivity (Wildman–Crippen MR) is 129 cm³/mol. The third-order valence-corrected chi connectivity index (χ3v) is 6.07. The smallest absolute Gasteiger partial charge is 0.265 e. The molecular weight excluding hydrogens is 456 g/mol. The van der Waals surface area contributed by atoms with Crippen LogP contribution >= 0.6 is 0 Å². The highest BCUT2D eigenvalue weighted by Crippen LogP contribution is 2.40. The zero-order chi connectivity index (χ0) is 25.9. The zero-order valence-electron chi connectivity index (χ0n) is 20.0. The van der Waals surface area contributed by atoms with E-state index in [0.29, 0.717) is 16.5 Å². The van der Waals surface area contributed by atoms with Gasteiger partial charge in [0.2, 0.25) is 5.75 Å². The molecule has 5 N–H and O–H groups in total. The van der Waals surface area contributed by atoms with Gasteiger partial charge in [0.15, 0.2) is 17.3 Å². The molecule has 0 unspecified atom stereocenters. The van der Waals surface area contributed by atoms with E-state index in [1.807, 2.05) is 0 Å². The van der Waals surface area contributed by atoms with Crippen LogP contribution in [0.15, 0.2) is 41.2 Å². The highest BCUT2D eigenvalue weighted by atomic mass is 16.5. The monoisotopic (exact) mass is 486 g/mol. The van der Waals surface area contributed by atoms with E-state index in [9.17, 15) is 30.0 Å². The van der Waals surface area contributed by atoms with Gasteiger partial charge in [0, 0.05) is 24.9 Å². The zero-order valence-corrected chi connectivity index (χ0v) is 20.0. The number of hydrogen-bond donors (Lipinski definition) is 5. The molecule has 10 nitrogen and oxygen atoms in total. The third-order valence-electron chi connectivity index (χ3n) is 6.07. The molecule has 10 heteroatoms. The van der Waals surface area contributed by atoms with Gasteiger partial charge in [-0.2, -0.15) is 0 Å². The van der Waals surface area contributed by atoms with Crippen LogP contribution in [0.5, 0.6) is 23.0 Å². The van der Waals surface area contributed by atoms with Gasteiger partial charge in [-0.25, -0.2) is 0 Å². The van der Waals surface area contributed by atoms with Crippen LogP contribution in [0.4, 0.5) is 0 Å². The van der Waals surface area contributed by atoms with E-state index in [1.54, 1.807) is 31.2 Å². The second-order valence-corrected chi connectivity index (χ2v) is 8.58. The van der Waals surface area contributed by atoms with E-state index in [4.69, 9.17) is 9.47 Å². The Hall–Kier alpha value is -3.60. The number of nitrogens with one attached hydrogen (secondary N) is 1. The normalized spacial score (nSPS) is 12.5. The number of phenolic OH excluding ortho intramolecular Hbond substituents is 1. The van der Waals surface area contributed by atoms with E-state index in [0.717, 1.165) is 0 Å². The molecule has 0 aliphatic carbocycles. The molecule has 0 fully saturated rings. The minimum absolute atomic E-state index is 0.0813. The Morgan fingerprint density at radius 3 is 2.17 bits per heavy atom. The van der Waals surface area contributed by atoms with Crippen molar-refractivity contribution in [2.45, 2.75) is 24.9 Å². The first kappa shape index (κ1) is 26.0. The summed E-state index contributed by atoms with van der Waals surface area (Å²) in [4.78, 5) is 26.5. The molecule has 0 aliphatic rings. The Morgan fingerprint density at radius 1 is 1.06 bits per heavy atom. The van der Waals surface area contributed by atoms with Crippen molar-refractivity contribution in [1.29, 1.82) is 0 Å². The summed E-state index contributed by atoms with van der Waals surface area (Å²) >= 11 is 0. The quantitative estimate of drug-likeness (QED) is 0.269. The van der Waals surface area contributed by atoms with E-state index in [2.05, 4.69) is 5.32 Å². The fourth-order valence-electron chi connectivity index (χ4n) is 3.95. The summed E-state index contributed by atoms with van der Waals surface area (Å²) < 4.78 is 11.7. The lowest BCUT2D eigenvalue weighted by atomic mass is 9.93. The summed E-state index contributed by atoms with van der Waals surface area (Å²) in [6.07, 6.45) is -0.326. The van der Waals surface area contributed by atoms with E-state index in [1.165, 1.54) is 38.0 Å². The van der Waals surface area contributed by atoms with Gasteiger partial charge in [0.25, 0.3) is 5.56 Å². The van der Waals surface area contributed by atoms with Crippen LogP contribution in [0.1, 0.15) is 35.3 Å². The van der Waals surface area contributed by atoms with Gasteiger partial charge >= 0.3 is 0 Å². The summed E-state index contributed by atoms with van der Waals surface area (Å²) in [7, 11) is 4.23. The molecule has 3 aromatic rings. The average Bonchev–Trinajstić information content (AvgIpc) is 2.87. The number of benzene rings is 2. The summed E-state index contributed by atoms with van der Waals surface area (Å²) in [5.41, 5.74) is -1.32. The minimum Gasteiger partial charge on any atom is -0.506 e. The van der Waals surface area contributed by atoms with Gasteiger partial charge < -0.3 is 39.8 Å². The van der Waals surface area contributed by atoms with Crippen LogP contribution in [-0.4, -0.2) is 63.7 Å². The van der Waals surface area contributed by atoms with Crippen LogP contribution in [0.3, 0.4) is 0 Å². The number of aliphatic hydroxyl groups excluding tert-OH is 2. The van der Waals surface area contributed by atoms with Gasteiger partial charge in [-0.05, 0) is 36.8 Å². The number of pyridine rings is 1. The second-order valence-electron chi connectivity index (χ2n) is 8.58. The molecule has 0 saturated carbocycles. The molecule has 35 heavy (non-hydrogen) atoms. The number of para-hydroxylation sites is 1.